The number of halogens is 4. The van der Waals surface area contributed by atoms with Crippen molar-refractivity contribution in [1.82, 2.24) is 9.97 Å². The maximum Gasteiger partial charge on any atom is 0.347 e. The van der Waals surface area contributed by atoms with Gasteiger partial charge in [0.2, 0.25) is 11.8 Å². The lowest BCUT2D eigenvalue weighted by Crippen LogP contribution is -2.03. The van der Waals surface area contributed by atoms with Crippen LogP contribution in [0.4, 0.5) is 0 Å². The SMILES string of the molecule is O=c1oc(-c2ccc(/C=C/c3ccc(-c4nc5c(Cl)cc(Cl)cc5c(=O)o4)cc3)cc2)nc2c(Cl)cc(Cl)cc12. The second-order valence-electron chi connectivity index (χ2n) is 8.76. The quantitative estimate of drug-likeness (QED) is 0.186. The predicted octanol–water partition coefficient (Wildman–Crippen LogP) is 8.81. The number of fused-ring (bicyclic) bond motifs is 2. The predicted molar refractivity (Wildman–Crippen MR) is 160 cm³/mol. The van der Waals surface area contributed by atoms with Crippen molar-refractivity contribution in [2.75, 3.05) is 0 Å². The molecule has 6 nitrogen and oxygen atoms in total. The van der Waals surface area contributed by atoms with Gasteiger partial charge in [-0.1, -0.05) is 82.8 Å². The fourth-order valence-electron chi connectivity index (χ4n) is 4.12. The van der Waals surface area contributed by atoms with Gasteiger partial charge in [0.1, 0.15) is 11.0 Å². The standard InChI is InChI=1S/C30H14Cl4N2O4/c31-19-11-21-25(23(33)13-19)35-27(39-29(21)37)17-7-3-15(4-8-17)1-2-16-5-9-18(10-6-16)28-36-26-22(30(38)40-28)12-20(32)14-24(26)34/h1-14H/b2-1+. The van der Waals surface area contributed by atoms with Crippen LogP contribution in [0.1, 0.15) is 11.1 Å². The Morgan fingerprint density at radius 2 is 0.925 bits per heavy atom. The van der Waals surface area contributed by atoms with Crippen molar-refractivity contribution in [2.24, 2.45) is 0 Å². The van der Waals surface area contributed by atoms with Gasteiger partial charge in [-0.15, -0.1) is 0 Å². The molecule has 0 aliphatic carbocycles. The fourth-order valence-corrected chi connectivity index (χ4v) is 5.19. The molecule has 2 heterocycles. The number of nitrogens with zero attached hydrogens (tertiary/aromatic N) is 2. The van der Waals surface area contributed by atoms with E-state index in [0.29, 0.717) is 32.2 Å². The van der Waals surface area contributed by atoms with Gasteiger partial charge in [0, 0.05) is 21.2 Å². The van der Waals surface area contributed by atoms with Crippen LogP contribution < -0.4 is 11.3 Å². The van der Waals surface area contributed by atoms with Crippen LogP contribution in [0.3, 0.4) is 0 Å². The van der Waals surface area contributed by atoms with Gasteiger partial charge < -0.3 is 8.83 Å². The molecule has 0 radical (unpaired) electrons. The summed E-state index contributed by atoms with van der Waals surface area (Å²) in [5.74, 6) is 0.317. The topological polar surface area (TPSA) is 86.2 Å². The Bertz CT molecular complexity index is 1930. The molecule has 0 saturated heterocycles. The first-order chi connectivity index (χ1) is 19.2. The Labute approximate surface area is 246 Å². The van der Waals surface area contributed by atoms with Crippen molar-refractivity contribution in [3.63, 3.8) is 0 Å². The van der Waals surface area contributed by atoms with Crippen LogP contribution in [0.15, 0.2) is 91.2 Å². The highest BCUT2D eigenvalue weighted by atomic mass is 35.5. The van der Waals surface area contributed by atoms with E-state index in [0.717, 1.165) is 11.1 Å². The van der Waals surface area contributed by atoms with E-state index in [1.807, 2.05) is 36.4 Å². The summed E-state index contributed by atoms with van der Waals surface area (Å²) < 4.78 is 10.8. The first kappa shape index (κ1) is 26.3. The van der Waals surface area contributed by atoms with Crippen molar-refractivity contribution in [3.8, 4) is 22.9 Å². The number of hydrogen-bond donors (Lipinski definition) is 0. The van der Waals surface area contributed by atoms with Crippen LogP contribution in [0, 0.1) is 0 Å². The third-order valence-electron chi connectivity index (χ3n) is 6.09. The lowest BCUT2D eigenvalue weighted by atomic mass is 10.1. The highest BCUT2D eigenvalue weighted by molar-refractivity contribution is 6.38. The lowest BCUT2D eigenvalue weighted by Gasteiger charge is -2.05. The molecule has 0 aliphatic heterocycles. The molecule has 0 fully saturated rings. The van der Waals surface area contributed by atoms with Crippen molar-refractivity contribution >= 4 is 80.4 Å². The molecule has 0 aliphatic rings. The Hall–Kier alpha value is -3.94. The van der Waals surface area contributed by atoms with Crippen LogP contribution in [0.25, 0.3) is 56.9 Å². The van der Waals surface area contributed by atoms with Crippen LogP contribution in [0.2, 0.25) is 20.1 Å². The van der Waals surface area contributed by atoms with Gasteiger partial charge in [-0.25, -0.2) is 19.6 Å². The molecular formula is C30H14Cl4N2O4. The maximum atomic E-state index is 12.4. The van der Waals surface area contributed by atoms with Gasteiger partial charge in [-0.3, -0.25) is 0 Å². The van der Waals surface area contributed by atoms with Crippen LogP contribution in [-0.4, -0.2) is 9.97 Å². The summed E-state index contributed by atoms with van der Waals surface area (Å²) in [6.45, 7) is 0. The number of hydrogen-bond acceptors (Lipinski definition) is 6. The van der Waals surface area contributed by atoms with E-state index >= 15 is 0 Å². The minimum atomic E-state index is -0.567. The van der Waals surface area contributed by atoms with Crippen molar-refractivity contribution in [1.29, 1.82) is 0 Å². The summed E-state index contributed by atoms with van der Waals surface area (Å²) in [4.78, 5) is 33.7. The minimum Gasteiger partial charge on any atom is -0.403 e. The van der Waals surface area contributed by atoms with Gasteiger partial charge in [0.25, 0.3) is 0 Å². The van der Waals surface area contributed by atoms with E-state index in [2.05, 4.69) is 9.97 Å². The lowest BCUT2D eigenvalue weighted by molar-refractivity contribution is 0.518. The molecule has 2 aromatic heterocycles. The molecule has 196 valence electrons. The maximum absolute atomic E-state index is 12.4. The zero-order chi connectivity index (χ0) is 28.0. The summed E-state index contributed by atoms with van der Waals surface area (Å²) in [5.41, 5.74) is 2.60. The summed E-state index contributed by atoms with van der Waals surface area (Å²) in [6.07, 6.45) is 3.86. The zero-order valence-corrected chi connectivity index (χ0v) is 23.1. The molecular weight excluding hydrogens is 594 g/mol. The third kappa shape index (κ3) is 5.15. The summed E-state index contributed by atoms with van der Waals surface area (Å²) in [5, 5.41) is 1.65. The molecule has 40 heavy (non-hydrogen) atoms. The molecule has 10 heteroatoms. The van der Waals surface area contributed by atoms with E-state index in [1.165, 1.54) is 24.3 Å². The normalized spacial score (nSPS) is 11.6. The molecule has 0 bridgehead atoms. The van der Waals surface area contributed by atoms with E-state index in [9.17, 15) is 9.59 Å². The average Bonchev–Trinajstić information content (AvgIpc) is 2.93. The highest BCUT2D eigenvalue weighted by Gasteiger charge is 2.14. The fraction of sp³-hybridized carbons (Fsp3) is 0. The number of aromatic nitrogens is 2. The van der Waals surface area contributed by atoms with Crippen molar-refractivity contribution in [3.05, 3.63) is 125 Å². The summed E-state index contributed by atoms with van der Waals surface area (Å²) >= 11 is 24.4. The molecule has 0 unspecified atom stereocenters. The molecule has 0 atom stereocenters. The average molecular weight is 608 g/mol. The van der Waals surface area contributed by atoms with Gasteiger partial charge in [-0.05, 0) is 59.7 Å². The van der Waals surface area contributed by atoms with Crippen LogP contribution in [-0.2, 0) is 0 Å². The van der Waals surface area contributed by atoms with Crippen LogP contribution >= 0.6 is 46.4 Å². The highest BCUT2D eigenvalue weighted by Crippen LogP contribution is 2.29. The van der Waals surface area contributed by atoms with E-state index < -0.39 is 11.3 Å². The summed E-state index contributed by atoms with van der Waals surface area (Å²) in [6, 6.07) is 20.7. The summed E-state index contributed by atoms with van der Waals surface area (Å²) in [7, 11) is 0. The second-order valence-corrected chi connectivity index (χ2v) is 10.4. The molecule has 0 spiro atoms. The Balaban J connectivity index is 1.23. The van der Waals surface area contributed by atoms with Gasteiger partial charge >= 0.3 is 11.3 Å². The first-order valence-electron chi connectivity index (χ1n) is 11.7. The first-order valence-corrected chi connectivity index (χ1v) is 13.2. The van der Waals surface area contributed by atoms with Crippen LogP contribution in [0.5, 0.6) is 0 Å². The van der Waals surface area contributed by atoms with E-state index in [-0.39, 0.29) is 32.6 Å². The third-order valence-corrected chi connectivity index (χ3v) is 7.10. The van der Waals surface area contributed by atoms with Crippen molar-refractivity contribution < 1.29 is 8.83 Å². The largest absolute Gasteiger partial charge is 0.403 e. The number of benzene rings is 4. The Morgan fingerprint density at radius 1 is 0.550 bits per heavy atom. The number of rotatable bonds is 4. The molecule has 0 N–H and O–H groups in total. The van der Waals surface area contributed by atoms with E-state index in [1.54, 1.807) is 24.3 Å². The van der Waals surface area contributed by atoms with Gasteiger partial charge in [0.05, 0.1) is 20.8 Å². The van der Waals surface area contributed by atoms with Gasteiger partial charge in [-0.2, -0.15) is 0 Å². The Kier molecular flexibility index (Phi) is 6.94. The molecule has 6 rings (SSSR count). The van der Waals surface area contributed by atoms with Crippen molar-refractivity contribution in [2.45, 2.75) is 0 Å². The Morgan fingerprint density at radius 3 is 1.30 bits per heavy atom. The van der Waals surface area contributed by atoms with Gasteiger partial charge in [0.15, 0.2) is 0 Å². The molecule has 4 aromatic carbocycles. The smallest absolute Gasteiger partial charge is 0.347 e. The zero-order valence-electron chi connectivity index (χ0n) is 20.1. The monoisotopic (exact) mass is 606 g/mol. The molecule has 6 aromatic rings. The second kappa shape index (κ2) is 10.6. The minimum absolute atomic E-state index is 0.158. The molecule has 0 amide bonds. The van der Waals surface area contributed by atoms with E-state index in [4.69, 9.17) is 55.2 Å². The molecule has 0 saturated carbocycles.